The Labute approximate surface area is 112 Å². The summed E-state index contributed by atoms with van der Waals surface area (Å²) in [6.07, 6.45) is 5.50. The van der Waals surface area contributed by atoms with E-state index in [0.29, 0.717) is 18.1 Å². The Morgan fingerprint density at radius 1 is 1.11 bits per heavy atom. The van der Waals surface area contributed by atoms with Gasteiger partial charge >= 0.3 is 0 Å². The van der Waals surface area contributed by atoms with Gasteiger partial charge in [0.05, 0.1) is 5.56 Å². The minimum atomic E-state index is -0.494. The van der Waals surface area contributed by atoms with Gasteiger partial charge in [-0.1, -0.05) is 30.9 Å². The number of nitrogens with zero attached hydrogens (tertiary/aromatic N) is 1. The summed E-state index contributed by atoms with van der Waals surface area (Å²) in [6.45, 7) is 1.43. The van der Waals surface area contributed by atoms with Gasteiger partial charge in [-0.05, 0) is 31.0 Å². The molecule has 2 nitrogen and oxygen atoms in total. The molecule has 0 aliphatic carbocycles. The van der Waals surface area contributed by atoms with Crippen LogP contribution < -0.4 is 0 Å². The molecule has 18 heavy (non-hydrogen) atoms. The van der Waals surface area contributed by atoms with Crippen molar-refractivity contribution < 1.29 is 9.18 Å². The molecule has 0 atom stereocenters. The predicted molar refractivity (Wildman–Crippen MR) is 70.4 cm³/mol. The smallest absolute Gasteiger partial charge is 0.256 e. The van der Waals surface area contributed by atoms with Crippen molar-refractivity contribution in [2.75, 3.05) is 13.1 Å². The minimum Gasteiger partial charge on any atom is -0.339 e. The van der Waals surface area contributed by atoms with E-state index in [0.717, 1.165) is 25.7 Å². The molecule has 1 amide bonds. The highest BCUT2D eigenvalue weighted by molar-refractivity contribution is 6.30. The van der Waals surface area contributed by atoms with Crippen LogP contribution in [-0.4, -0.2) is 23.9 Å². The monoisotopic (exact) mass is 269 g/mol. The molecule has 0 aromatic heterocycles. The lowest BCUT2D eigenvalue weighted by atomic mass is 10.1. The summed E-state index contributed by atoms with van der Waals surface area (Å²) in [7, 11) is 0. The molecule has 0 radical (unpaired) electrons. The van der Waals surface area contributed by atoms with Gasteiger partial charge in [-0.2, -0.15) is 0 Å². The number of rotatable bonds is 1. The van der Waals surface area contributed by atoms with Crippen LogP contribution in [0, 0.1) is 5.82 Å². The van der Waals surface area contributed by atoms with E-state index >= 15 is 0 Å². The molecule has 98 valence electrons. The van der Waals surface area contributed by atoms with Crippen molar-refractivity contribution in [1.29, 1.82) is 0 Å². The lowest BCUT2D eigenvalue weighted by Gasteiger charge is -2.25. The van der Waals surface area contributed by atoms with E-state index in [1.54, 1.807) is 4.90 Å². The van der Waals surface area contributed by atoms with Gasteiger partial charge in [0.1, 0.15) is 5.82 Å². The average molecular weight is 270 g/mol. The molecule has 2 rings (SSSR count). The third-order valence-corrected chi connectivity index (χ3v) is 3.54. The number of hydrogen-bond donors (Lipinski definition) is 0. The molecule has 1 aromatic rings. The van der Waals surface area contributed by atoms with Crippen LogP contribution in [0.4, 0.5) is 4.39 Å². The van der Waals surface area contributed by atoms with Crippen LogP contribution >= 0.6 is 11.6 Å². The number of benzene rings is 1. The first-order valence-electron chi connectivity index (χ1n) is 6.43. The van der Waals surface area contributed by atoms with Crippen molar-refractivity contribution in [3.05, 3.63) is 34.6 Å². The first kappa shape index (κ1) is 13.3. The number of hydrogen-bond acceptors (Lipinski definition) is 1. The summed E-state index contributed by atoms with van der Waals surface area (Å²) in [5.41, 5.74) is 0.0862. The molecule has 0 N–H and O–H groups in total. The Kier molecular flexibility index (Phi) is 4.59. The van der Waals surface area contributed by atoms with E-state index < -0.39 is 5.82 Å². The SMILES string of the molecule is O=C(c1cc(Cl)ccc1F)N1CCCCCCC1. The van der Waals surface area contributed by atoms with E-state index in [-0.39, 0.29) is 11.5 Å². The molecule has 1 heterocycles. The zero-order valence-electron chi connectivity index (χ0n) is 10.3. The zero-order chi connectivity index (χ0) is 13.0. The normalized spacial score (nSPS) is 17.1. The number of halogens is 2. The Bertz CT molecular complexity index is 428. The molecular formula is C14H17ClFNO. The van der Waals surface area contributed by atoms with Crippen LogP contribution in [0.15, 0.2) is 18.2 Å². The number of amides is 1. The van der Waals surface area contributed by atoms with Gasteiger partial charge in [0.15, 0.2) is 0 Å². The number of carbonyl (C=O) groups excluding carboxylic acids is 1. The molecule has 0 saturated carbocycles. The lowest BCUT2D eigenvalue weighted by Crippen LogP contribution is -2.34. The zero-order valence-corrected chi connectivity index (χ0v) is 11.0. The van der Waals surface area contributed by atoms with Crippen molar-refractivity contribution in [2.45, 2.75) is 32.1 Å². The van der Waals surface area contributed by atoms with Crippen molar-refractivity contribution in [3.63, 3.8) is 0 Å². The topological polar surface area (TPSA) is 20.3 Å². The summed E-state index contributed by atoms with van der Waals surface area (Å²) in [5.74, 6) is -0.733. The summed E-state index contributed by atoms with van der Waals surface area (Å²) >= 11 is 5.82. The van der Waals surface area contributed by atoms with Crippen molar-refractivity contribution >= 4 is 17.5 Å². The third kappa shape index (κ3) is 3.22. The molecule has 1 aliphatic heterocycles. The van der Waals surface area contributed by atoms with Crippen LogP contribution in [0.1, 0.15) is 42.5 Å². The summed E-state index contributed by atoms with van der Waals surface area (Å²) in [5, 5.41) is 0.395. The maximum atomic E-state index is 13.7. The average Bonchev–Trinajstić information content (AvgIpc) is 2.31. The standard InChI is InChI=1S/C14H17ClFNO/c15-11-6-7-13(16)12(10-11)14(18)17-8-4-2-1-3-5-9-17/h6-7,10H,1-5,8-9H2. The van der Waals surface area contributed by atoms with E-state index in [1.165, 1.54) is 24.6 Å². The quantitative estimate of drug-likeness (QED) is 0.757. The molecule has 0 unspecified atom stereocenters. The van der Waals surface area contributed by atoms with Crippen LogP contribution in [-0.2, 0) is 0 Å². The number of carbonyl (C=O) groups is 1. The summed E-state index contributed by atoms with van der Waals surface area (Å²) in [6, 6.07) is 4.12. The van der Waals surface area contributed by atoms with Crippen molar-refractivity contribution in [3.8, 4) is 0 Å². The van der Waals surface area contributed by atoms with Gasteiger partial charge in [0.25, 0.3) is 5.91 Å². The van der Waals surface area contributed by atoms with Crippen LogP contribution in [0.25, 0.3) is 0 Å². The molecular weight excluding hydrogens is 253 g/mol. The summed E-state index contributed by atoms with van der Waals surface area (Å²) in [4.78, 5) is 14.0. The molecule has 1 saturated heterocycles. The van der Waals surface area contributed by atoms with Gasteiger partial charge in [-0.25, -0.2) is 4.39 Å². The van der Waals surface area contributed by atoms with Gasteiger partial charge in [0, 0.05) is 18.1 Å². The van der Waals surface area contributed by atoms with Gasteiger partial charge in [-0.3, -0.25) is 4.79 Å². The highest BCUT2D eigenvalue weighted by atomic mass is 35.5. The highest BCUT2D eigenvalue weighted by Gasteiger charge is 2.19. The Hall–Kier alpha value is -1.09. The Morgan fingerprint density at radius 3 is 2.39 bits per heavy atom. The minimum absolute atomic E-state index is 0.0862. The molecule has 0 bridgehead atoms. The third-order valence-electron chi connectivity index (χ3n) is 3.30. The Balaban J connectivity index is 2.15. The van der Waals surface area contributed by atoms with Crippen molar-refractivity contribution in [2.24, 2.45) is 0 Å². The molecule has 4 heteroatoms. The molecule has 1 aliphatic rings. The fourth-order valence-corrected chi connectivity index (χ4v) is 2.45. The van der Waals surface area contributed by atoms with Crippen LogP contribution in [0.3, 0.4) is 0 Å². The van der Waals surface area contributed by atoms with Gasteiger partial charge < -0.3 is 4.90 Å². The molecule has 1 fully saturated rings. The second kappa shape index (κ2) is 6.19. The molecule has 0 spiro atoms. The number of likely N-dealkylation sites (tertiary alicyclic amines) is 1. The van der Waals surface area contributed by atoms with Crippen LogP contribution in [0.5, 0.6) is 0 Å². The first-order chi connectivity index (χ1) is 8.68. The Morgan fingerprint density at radius 2 is 1.72 bits per heavy atom. The molecule has 1 aromatic carbocycles. The van der Waals surface area contributed by atoms with E-state index in [1.807, 2.05) is 0 Å². The lowest BCUT2D eigenvalue weighted by molar-refractivity contribution is 0.0737. The maximum absolute atomic E-state index is 13.7. The largest absolute Gasteiger partial charge is 0.339 e. The van der Waals surface area contributed by atoms with E-state index in [4.69, 9.17) is 11.6 Å². The second-order valence-corrected chi connectivity index (χ2v) is 5.12. The second-order valence-electron chi connectivity index (χ2n) is 4.68. The summed E-state index contributed by atoms with van der Waals surface area (Å²) < 4.78 is 13.7. The van der Waals surface area contributed by atoms with Crippen LogP contribution in [0.2, 0.25) is 5.02 Å². The predicted octanol–water partition coefficient (Wildman–Crippen LogP) is 3.89. The highest BCUT2D eigenvalue weighted by Crippen LogP contribution is 2.19. The van der Waals surface area contributed by atoms with Gasteiger partial charge in [-0.15, -0.1) is 0 Å². The van der Waals surface area contributed by atoms with E-state index in [2.05, 4.69) is 0 Å². The fraction of sp³-hybridized carbons (Fsp3) is 0.500. The van der Waals surface area contributed by atoms with E-state index in [9.17, 15) is 9.18 Å². The van der Waals surface area contributed by atoms with Gasteiger partial charge in [0.2, 0.25) is 0 Å². The van der Waals surface area contributed by atoms with Crippen molar-refractivity contribution in [1.82, 2.24) is 4.90 Å². The maximum Gasteiger partial charge on any atom is 0.256 e. The first-order valence-corrected chi connectivity index (χ1v) is 6.80. The fourth-order valence-electron chi connectivity index (χ4n) is 2.28.